The number of nitrogens with two attached hydrogens (primary N) is 1. The van der Waals surface area contributed by atoms with E-state index in [-0.39, 0.29) is 39.7 Å². The van der Waals surface area contributed by atoms with Gasteiger partial charge in [0.1, 0.15) is 17.4 Å². The molecule has 26 heavy (non-hydrogen) atoms. The lowest BCUT2D eigenvalue weighted by atomic mass is 9.75. The van der Waals surface area contributed by atoms with Crippen molar-refractivity contribution < 1.29 is 19.4 Å². The molecule has 3 N–H and O–H groups in total. The number of nitrogens with zero attached hydrogens (tertiary/aromatic N) is 1. The zero-order valence-electron chi connectivity index (χ0n) is 13.4. The highest BCUT2D eigenvalue weighted by molar-refractivity contribution is 6.27. The molecule has 1 unspecified atom stereocenters. The first kappa shape index (κ1) is 15.7. The number of benzene rings is 2. The molecule has 0 aromatic heterocycles. The predicted octanol–water partition coefficient (Wildman–Crippen LogP) is 2.53. The van der Waals surface area contributed by atoms with Gasteiger partial charge in [0.05, 0.1) is 11.5 Å². The summed E-state index contributed by atoms with van der Waals surface area (Å²) < 4.78 is 5.39. The number of allylic oxidation sites excluding steroid dienone is 3. The Labute approximate surface area is 148 Å². The van der Waals surface area contributed by atoms with Crippen LogP contribution in [0.15, 0.2) is 71.3 Å². The molecular formula is C20H12N2O4. The van der Waals surface area contributed by atoms with Crippen molar-refractivity contribution in [1.29, 1.82) is 5.26 Å². The molecule has 6 heteroatoms. The number of carbonyl (C=O) groups excluding carboxylic acids is 2. The summed E-state index contributed by atoms with van der Waals surface area (Å²) in [7, 11) is 0. The molecule has 0 radical (unpaired) electrons. The Morgan fingerprint density at radius 2 is 1.62 bits per heavy atom. The van der Waals surface area contributed by atoms with Crippen LogP contribution in [0.2, 0.25) is 0 Å². The van der Waals surface area contributed by atoms with Crippen molar-refractivity contribution >= 4 is 11.6 Å². The molecule has 0 saturated carbocycles. The van der Waals surface area contributed by atoms with E-state index in [0.29, 0.717) is 5.56 Å². The Bertz CT molecular complexity index is 1090. The average molecular weight is 344 g/mol. The van der Waals surface area contributed by atoms with Gasteiger partial charge in [-0.2, -0.15) is 5.26 Å². The zero-order valence-corrected chi connectivity index (χ0v) is 13.4. The van der Waals surface area contributed by atoms with E-state index in [1.165, 1.54) is 12.1 Å². The summed E-state index contributed by atoms with van der Waals surface area (Å²) in [4.78, 5) is 26.0. The van der Waals surface area contributed by atoms with Crippen LogP contribution in [0.4, 0.5) is 0 Å². The first-order valence-corrected chi connectivity index (χ1v) is 7.82. The first-order valence-electron chi connectivity index (χ1n) is 7.82. The summed E-state index contributed by atoms with van der Waals surface area (Å²) in [5.41, 5.74) is 6.62. The van der Waals surface area contributed by atoms with E-state index < -0.39 is 17.5 Å². The lowest BCUT2D eigenvalue weighted by Gasteiger charge is -2.31. The van der Waals surface area contributed by atoms with E-state index in [9.17, 15) is 20.0 Å². The molecule has 2 aliphatic rings. The molecule has 1 aliphatic heterocycles. The van der Waals surface area contributed by atoms with Gasteiger partial charge in [0.25, 0.3) is 0 Å². The molecule has 1 aliphatic carbocycles. The van der Waals surface area contributed by atoms with Crippen molar-refractivity contribution in [3.8, 4) is 11.8 Å². The van der Waals surface area contributed by atoms with Gasteiger partial charge in [0.15, 0.2) is 11.5 Å². The van der Waals surface area contributed by atoms with Crippen LogP contribution in [0.25, 0.3) is 0 Å². The van der Waals surface area contributed by atoms with E-state index in [4.69, 9.17) is 10.5 Å². The van der Waals surface area contributed by atoms with Gasteiger partial charge in [0.2, 0.25) is 11.7 Å². The highest BCUT2D eigenvalue weighted by Crippen LogP contribution is 2.45. The smallest absolute Gasteiger partial charge is 0.229 e. The summed E-state index contributed by atoms with van der Waals surface area (Å²) in [6.45, 7) is 0. The van der Waals surface area contributed by atoms with Crippen molar-refractivity contribution in [1.82, 2.24) is 0 Å². The predicted molar refractivity (Wildman–Crippen MR) is 90.9 cm³/mol. The number of Topliss-reactive ketones (excluding diaryl/α,β-unsaturated/α-hetero) is 2. The highest BCUT2D eigenvalue weighted by atomic mass is 16.5. The fourth-order valence-corrected chi connectivity index (χ4v) is 3.35. The van der Waals surface area contributed by atoms with E-state index in [1.54, 1.807) is 36.4 Å². The SMILES string of the molecule is N#CC1=C(N)OC2=C(C(=O)c3ccccc3C2=O)C1c1ccccc1O. The van der Waals surface area contributed by atoms with Crippen LogP contribution in [0.5, 0.6) is 5.75 Å². The maximum Gasteiger partial charge on any atom is 0.229 e. The van der Waals surface area contributed by atoms with Gasteiger partial charge < -0.3 is 15.6 Å². The number of fused-ring (bicyclic) bond motifs is 1. The van der Waals surface area contributed by atoms with E-state index in [2.05, 4.69) is 0 Å². The monoisotopic (exact) mass is 344 g/mol. The van der Waals surface area contributed by atoms with Crippen LogP contribution in [0.3, 0.4) is 0 Å². The van der Waals surface area contributed by atoms with Crippen molar-refractivity contribution in [3.05, 3.63) is 88.0 Å². The number of phenols is 1. The average Bonchev–Trinajstić information content (AvgIpc) is 2.65. The first-order chi connectivity index (χ1) is 12.5. The summed E-state index contributed by atoms with van der Waals surface area (Å²) >= 11 is 0. The number of hydrogen-bond acceptors (Lipinski definition) is 6. The normalized spacial score (nSPS) is 18.8. The third kappa shape index (κ3) is 2.04. The quantitative estimate of drug-likeness (QED) is 0.822. The summed E-state index contributed by atoms with van der Waals surface area (Å²) in [5.74, 6) is -2.43. The summed E-state index contributed by atoms with van der Waals surface area (Å²) in [6.07, 6.45) is 0. The Kier molecular flexibility index (Phi) is 3.38. The lowest BCUT2D eigenvalue weighted by Crippen LogP contribution is -2.32. The van der Waals surface area contributed by atoms with Crippen molar-refractivity contribution in [3.63, 3.8) is 0 Å². The fraction of sp³-hybridized carbons (Fsp3) is 0.0500. The zero-order chi connectivity index (χ0) is 18.4. The molecule has 0 spiro atoms. The van der Waals surface area contributed by atoms with Gasteiger partial charge >= 0.3 is 0 Å². The summed E-state index contributed by atoms with van der Waals surface area (Å²) in [6, 6.07) is 14.7. The maximum atomic E-state index is 13.1. The maximum absolute atomic E-state index is 13.1. The summed E-state index contributed by atoms with van der Waals surface area (Å²) in [5, 5.41) is 19.8. The third-order valence-electron chi connectivity index (χ3n) is 4.53. The minimum atomic E-state index is -0.977. The van der Waals surface area contributed by atoms with Gasteiger partial charge in [-0.05, 0) is 6.07 Å². The topological polar surface area (TPSA) is 113 Å². The number of carbonyl (C=O) groups is 2. The second-order valence-electron chi connectivity index (χ2n) is 5.93. The van der Waals surface area contributed by atoms with Crippen molar-refractivity contribution in [2.24, 2.45) is 5.73 Å². The fourth-order valence-electron chi connectivity index (χ4n) is 3.35. The van der Waals surface area contributed by atoms with Gasteiger partial charge in [-0.3, -0.25) is 9.59 Å². The Balaban J connectivity index is 2.01. The number of para-hydroxylation sites is 1. The molecule has 126 valence electrons. The Hall–Kier alpha value is -3.85. The Morgan fingerprint density at radius 1 is 1.00 bits per heavy atom. The van der Waals surface area contributed by atoms with E-state index >= 15 is 0 Å². The number of nitriles is 1. The van der Waals surface area contributed by atoms with E-state index in [0.717, 1.165) is 0 Å². The molecule has 2 aromatic carbocycles. The number of rotatable bonds is 1. The van der Waals surface area contributed by atoms with Crippen LogP contribution in [-0.2, 0) is 4.74 Å². The molecule has 0 fully saturated rings. The molecule has 1 heterocycles. The second-order valence-corrected chi connectivity index (χ2v) is 5.93. The van der Waals surface area contributed by atoms with E-state index in [1.807, 2.05) is 6.07 Å². The van der Waals surface area contributed by atoms with Gasteiger partial charge in [-0.1, -0.05) is 42.5 Å². The molecule has 1 atom stereocenters. The molecule has 0 amide bonds. The molecular weight excluding hydrogens is 332 g/mol. The van der Waals surface area contributed by atoms with Gasteiger partial charge in [-0.25, -0.2) is 0 Å². The number of hydrogen-bond donors (Lipinski definition) is 2. The van der Waals surface area contributed by atoms with Crippen LogP contribution in [-0.4, -0.2) is 16.7 Å². The number of ether oxygens (including phenoxy) is 1. The van der Waals surface area contributed by atoms with Crippen LogP contribution in [0.1, 0.15) is 32.2 Å². The number of aromatic hydroxyl groups is 1. The Morgan fingerprint density at radius 3 is 2.27 bits per heavy atom. The third-order valence-corrected chi connectivity index (χ3v) is 4.53. The minimum Gasteiger partial charge on any atom is -0.508 e. The lowest BCUT2D eigenvalue weighted by molar-refractivity contribution is 0.0897. The standard InChI is InChI=1S/C20H12N2O4/c21-9-13-15(12-7-3-4-8-14(12)23)16-17(24)10-5-1-2-6-11(10)18(25)19(16)26-20(13)22/h1-8,15,23H,22H2. The van der Waals surface area contributed by atoms with Gasteiger partial charge in [0, 0.05) is 16.7 Å². The van der Waals surface area contributed by atoms with Crippen molar-refractivity contribution in [2.45, 2.75) is 5.92 Å². The molecule has 2 aromatic rings. The molecule has 4 rings (SSSR count). The van der Waals surface area contributed by atoms with Crippen molar-refractivity contribution in [2.75, 3.05) is 0 Å². The van der Waals surface area contributed by atoms with Crippen LogP contribution >= 0.6 is 0 Å². The van der Waals surface area contributed by atoms with Crippen LogP contribution < -0.4 is 5.73 Å². The number of ketones is 2. The largest absolute Gasteiger partial charge is 0.508 e. The molecule has 6 nitrogen and oxygen atoms in total. The molecule has 0 bridgehead atoms. The second kappa shape index (κ2) is 5.60. The minimum absolute atomic E-state index is 0.0148. The van der Waals surface area contributed by atoms with Gasteiger partial charge in [-0.15, -0.1) is 0 Å². The van der Waals surface area contributed by atoms with Crippen LogP contribution in [0, 0.1) is 11.3 Å². The molecule has 0 saturated heterocycles. The number of phenolic OH excluding ortho intramolecular Hbond substituents is 1. The highest BCUT2D eigenvalue weighted by Gasteiger charge is 2.44.